The van der Waals surface area contributed by atoms with Crippen molar-refractivity contribution in [1.82, 2.24) is 25.1 Å². The van der Waals surface area contributed by atoms with Crippen LogP contribution in [0.15, 0.2) is 12.4 Å². The molecule has 116 valence electrons. The van der Waals surface area contributed by atoms with Crippen LogP contribution in [0.5, 0.6) is 0 Å². The number of urea groups is 1. The van der Waals surface area contributed by atoms with E-state index in [1.54, 1.807) is 17.3 Å². The zero-order chi connectivity index (χ0) is 15.2. The van der Waals surface area contributed by atoms with Crippen molar-refractivity contribution in [3.63, 3.8) is 0 Å². The second-order valence-corrected chi connectivity index (χ2v) is 5.04. The SMILES string of the molecule is CCC(NC(=O)N1CCN(CC(=O)O)CC1)c1ncc[nH]1. The largest absolute Gasteiger partial charge is 0.480 e. The lowest BCUT2D eigenvalue weighted by Crippen LogP contribution is -2.53. The van der Waals surface area contributed by atoms with E-state index in [4.69, 9.17) is 5.11 Å². The molecule has 0 aromatic carbocycles. The summed E-state index contributed by atoms with van der Waals surface area (Å²) in [6.07, 6.45) is 4.14. The van der Waals surface area contributed by atoms with Crippen LogP contribution in [0.4, 0.5) is 4.79 Å². The minimum atomic E-state index is -0.836. The molecule has 8 nitrogen and oxygen atoms in total. The zero-order valence-electron chi connectivity index (χ0n) is 12.1. The molecule has 8 heteroatoms. The van der Waals surface area contributed by atoms with Gasteiger partial charge in [0.2, 0.25) is 0 Å². The molecule has 21 heavy (non-hydrogen) atoms. The number of hydrogen-bond donors (Lipinski definition) is 3. The average Bonchev–Trinajstić information content (AvgIpc) is 2.98. The van der Waals surface area contributed by atoms with Gasteiger partial charge in [0.1, 0.15) is 5.82 Å². The molecule has 2 amide bonds. The molecule has 1 aliphatic rings. The molecule has 0 saturated carbocycles. The Hall–Kier alpha value is -2.09. The first-order valence-corrected chi connectivity index (χ1v) is 7.09. The van der Waals surface area contributed by atoms with Gasteiger partial charge in [0.05, 0.1) is 12.6 Å². The Kier molecular flexibility index (Phi) is 5.15. The highest BCUT2D eigenvalue weighted by atomic mass is 16.4. The molecule has 1 aliphatic heterocycles. The molecule has 1 aromatic rings. The molecule has 1 fully saturated rings. The number of carbonyl (C=O) groups is 2. The van der Waals surface area contributed by atoms with Gasteiger partial charge in [-0.05, 0) is 6.42 Å². The Labute approximate surface area is 123 Å². The van der Waals surface area contributed by atoms with Crippen LogP contribution in [0, 0.1) is 0 Å². The standard InChI is InChI=1S/C13H21N5O3/c1-2-10(12-14-3-4-15-12)16-13(21)18-7-5-17(6-8-18)9-11(19)20/h3-4,10H,2,5-9H2,1H3,(H,14,15)(H,16,21)(H,19,20). The maximum Gasteiger partial charge on any atom is 0.318 e. The number of amides is 2. The first kappa shape index (κ1) is 15.3. The summed E-state index contributed by atoms with van der Waals surface area (Å²) < 4.78 is 0. The molecule has 1 atom stereocenters. The molecule has 3 N–H and O–H groups in total. The summed E-state index contributed by atoms with van der Waals surface area (Å²) in [5.74, 6) is -0.0906. The van der Waals surface area contributed by atoms with Crippen molar-refractivity contribution in [1.29, 1.82) is 0 Å². The van der Waals surface area contributed by atoms with E-state index in [9.17, 15) is 9.59 Å². The van der Waals surface area contributed by atoms with Crippen LogP contribution in [-0.2, 0) is 4.79 Å². The van der Waals surface area contributed by atoms with E-state index in [1.165, 1.54) is 0 Å². The molecule has 2 heterocycles. The first-order chi connectivity index (χ1) is 10.1. The monoisotopic (exact) mass is 295 g/mol. The topological polar surface area (TPSA) is 102 Å². The summed E-state index contributed by atoms with van der Waals surface area (Å²) in [4.78, 5) is 33.6. The Bertz CT molecular complexity index is 468. The third-order valence-electron chi connectivity index (χ3n) is 3.57. The quantitative estimate of drug-likeness (QED) is 0.724. The lowest BCUT2D eigenvalue weighted by molar-refractivity contribution is -0.138. The van der Waals surface area contributed by atoms with E-state index < -0.39 is 5.97 Å². The normalized spacial score (nSPS) is 17.5. The number of nitrogens with one attached hydrogen (secondary N) is 2. The Morgan fingerprint density at radius 2 is 2.14 bits per heavy atom. The highest BCUT2D eigenvalue weighted by molar-refractivity contribution is 5.75. The summed E-state index contributed by atoms with van der Waals surface area (Å²) >= 11 is 0. The molecule has 0 bridgehead atoms. The minimum Gasteiger partial charge on any atom is -0.480 e. The van der Waals surface area contributed by atoms with Crippen molar-refractivity contribution >= 4 is 12.0 Å². The number of carboxylic acid groups (broad SMARTS) is 1. The lowest BCUT2D eigenvalue weighted by Gasteiger charge is -2.34. The lowest BCUT2D eigenvalue weighted by atomic mass is 10.2. The molecular formula is C13H21N5O3. The molecule has 1 unspecified atom stereocenters. The first-order valence-electron chi connectivity index (χ1n) is 7.09. The van der Waals surface area contributed by atoms with Gasteiger partial charge in [0, 0.05) is 38.6 Å². The summed E-state index contributed by atoms with van der Waals surface area (Å²) in [7, 11) is 0. The van der Waals surface area contributed by atoms with Gasteiger partial charge in [-0.25, -0.2) is 9.78 Å². The fourth-order valence-corrected chi connectivity index (χ4v) is 2.37. The minimum absolute atomic E-state index is 0.0272. The van der Waals surface area contributed by atoms with Gasteiger partial charge < -0.3 is 20.3 Å². The number of hydrogen-bond acceptors (Lipinski definition) is 4. The predicted octanol–water partition coefficient (Wildman–Crippen LogP) is 0.273. The number of imidazole rings is 1. The van der Waals surface area contributed by atoms with E-state index in [2.05, 4.69) is 15.3 Å². The maximum absolute atomic E-state index is 12.2. The van der Waals surface area contributed by atoms with Gasteiger partial charge in [-0.1, -0.05) is 6.92 Å². The predicted molar refractivity (Wildman–Crippen MR) is 75.8 cm³/mol. The Balaban J connectivity index is 1.83. The van der Waals surface area contributed by atoms with Crippen molar-refractivity contribution in [3.8, 4) is 0 Å². The molecule has 1 saturated heterocycles. The average molecular weight is 295 g/mol. The molecule has 1 aromatic heterocycles. The number of aromatic nitrogens is 2. The van der Waals surface area contributed by atoms with E-state index in [-0.39, 0.29) is 18.6 Å². The van der Waals surface area contributed by atoms with Crippen LogP contribution in [0.3, 0.4) is 0 Å². The van der Waals surface area contributed by atoms with E-state index in [1.807, 2.05) is 11.8 Å². The number of piperazine rings is 1. The molecule has 0 aliphatic carbocycles. The van der Waals surface area contributed by atoms with Gasteiger partial charge in [0.25, 0.3) is 0 Å². The van der Waals surface area contributed by atoms with Crippen molar-refractivity contribution in [2.24, 2.45) is 0 Å². The smallest absolute Gasteiger partial charge is 0.318 e. The summed E-state index contributed by atoms with van der Waals surface area (Å²) in [6.45, 7) is 4.24. The zero-order valence-corrected chi connectivity index (χ0v) is 12.1. The number of nitrogens with zero attached hydrogens (tertiary/aromatic N) is 3. The second kappa shape index (κ2) is 7.07. The van der Waals surface area contributed by atoms with Crippen LogP contribution in [0.1, 0.15) is 25.2 Å². The second-order valence-electron chi connectivity index (χ2n) is 5.04. The van der Waals surface area contributed by atoms with Crippen LogP contribution in [0.25, 0.3) is 0 Å². The van der Waals surface area contributed by atoms with Crippen molar-refractivity contribution in [2.45, 2.75) is 19.4 Å². The van der Waals surface area contributed by atoms with Gasteiger partial charge in [-0.3, -0.25) is 9.69 Å². The number of carbonyl (C=O) groups excluding carboxylic acids is 1. The van der Waals surface area contributed by atoms with Crippen LogP contribution < -0.4 is 5.32 Å². The van der Waals surface area contributed by atoms with Crippen LogP contribution in [-0.4, -0.2) is 69.6 Å². The number of aromatic amines is 1. The Morgan fingerprint density at radius 3 is 2.67 bits per heavy atom. The third-order valence-corrected chi connectivity index (χ3v) is 3.57. The van der Waals surface area contributed by atoms with Crippen molar-refractivity contribution < 1.29 is 14.7 Å². The number of rotatable bonds is 5. The van der Waals surface area contributed by atoms with Crippen LogP contribution in [0.2, 0.25) is 0 Å². The highest BCUT2D eigenvalue weighted by Crippen LogP contribution is 2.12. The van der Waals surface area contributed by atoms with Gasteiger partial charge in [-0.2, -0.15) is 0 Å². The Morgan fingerprint density at radius 1 is 1.43 bits per heavy atom. The van der Waals surface area contributed by atoms with Crippen molar-refractivity contribution in [3.05, 3.63) is 18.2 Å². The van der Waals surface area contributed by atoms with E-state index in [0.717, 1.165) is 12.2 Å². The van der Waals surface area contributed by atoms with Gasteiger partial charge in [-0.15, -0.1) is 0 Å². The summed E-state index contributed by atoms with van der Waals surface area (Å²) in [5, 5.41) is 11.7. The fraction of sp³-hybridized carbons (Fsp3) is 0.615. The van der Waals surface area contributed by atoms with Crippen LogP contribution >= 0.6 is 0 Å². The van der Waals surface area contributed by atoms with Gasteiger partial charge >= 0.3 is 12.0 Å². The number of aliphatic carboxylic acids is 1. The fourth-order valence-electron chi connectivity index (χ4n) is 2.37. The number of H-pyrrole nitrogens is 1. The maximum atomic E-state index is 12.2. The molecule has 2 rings (SSSR count). The molecule has 0 radical (unpaired) electrons. The summed E-state index contributed by atoms with van der Waals surface area (Å²) in [5.41, 5.74) is 0. The summed E-state index contributed by atoms with van der Waals surface area (Å²) in [6, 6.07) is -0.266. The molecule has 0 spiro atoms. The highest BCUT2D eigenvalue weighted by Gasteiger charge is 2.24. The molecular weight excluding hydrogens is 274 g/mol. The van der Waals surface area contributed by atoms with Gasteiger partial charge in [0.15, 0.2) is 0 Å². The van der Waals surface area contributed by atoms with E-state index >= 15 is 0 Å². The van der Waals surface area contributed by atoms with E-state index in [0.29, 0.717) is 26.2 Å². The van der Waals surface area contributed by atoms with Crippen molar-refractivity contribution in [2.75, 3.05) is 32.7 Å². The number of carboxylic acids is 1. The third kappa shape index (κ3) is 4.19.